The van der Waals surface area contributed by atoms with Gasteiger partial charge >= 0.3 is 0 Å². The molecule has 0 aliphatic heterocycles. The van der Waals surface area contributed by atoms with Crippen LogP contribution in [-0.4, -0.2) is 15.5 Å². The van der Waals surface area contributed by atoms with E-state index in [1.54, 1.807) is 0 Å². The molecule has 3 nitrogen and oxygen atoms in total. The van der Waals surface area contributed by atoms with E-state index in [2.05, 4.69) is 0 Å². The SMILES string of the molecule is O=C(c1cccc2ccccc12)n1c(C2CCC2)nc2ccccc21. The molecule has 0 amide bonds. The van der Waals surface area contributed by atoms with E-state index < -0.39 is 0 Å². The zero-order chi connectivity index (χ0) is 16.8. The maximum Gasteiger partial charge on any atom is 0.264 e. The van der Waals surface area contributed by atoms with Crippen LogP contribution in [0, 0.1) is 0 Å². The Balaban J connectivity index is 1.76. The Kier molecular flexibility index (Phi) is 3.20. The van der Waals surface area contributed by atoms with Gasteiger partial charge in [-0.3, -0.25) is 9.36 Å². The Morgan fingerprint density at radius 2 is 1.68 bits per heavy atom. The second-order valence-electron chi connectivity index (χ2n) is 6.75. The van der Waals surface area contributed by atoms with Crippen LogP contribution in [0.5, 0.6) is 0 Å². The van der Waals surface area contributed by atoms with Crippen LogP contribution in [0.3, 0.4) is 0 Å². The van der Waals surface area contributed by atoms with Crippen LogP contribution < -0.4 is 0 Å². The Morgan fingerprint density at radius 3 is 2.52 bits per heavy atom. The Morgan fingerprint density at radius 1 is 0.920 bits per heavy atom. The lowest BCUT2D eigenvalue weighted by molar-refractivity contribution is 0.0959. The molecule has 0 unspecified atom stereocenters. The Hall–Kier alpha value is -2.94. The third-order valence-corrected chi connectivity index (χ3v) is 5.28. The van der Waals surface area contributed by atoms with Crippen LogP contribution in [0.25, 0.3) is 21.8 Å². The Bertz CT molecular complexity index is 1100. The minimum Gasteiger partial charge on any atom is -0.268 e. The van der Waals surface area contributed by atoms with Crippen LogP contribution in [0.1, 0.15) is 41.4 Å². The lowest BCUT2D eigenvalue weighted by Gasteiger charge is -2.25. The van der Waals surface area contributed by atoms with Gasteiger partial charge in [-0.05, 0) is 41.8 Å². The van der Waals surface area contributed by atoms with Gasteiger partial charge in [-0.1, -0.05) is 55.0 Å². The first-order valence-corrected chi connectivity index (χ1v) is 8.83. The van der Waals surface area contributed by atoms with Crippen LogP contribution in [0.4, 0.5) is 0 Å². The molecule has 1 saturated carbocycles. The fraction of sp³-hybridized carbons (Fsp3) is 0.182. The van der Waals surface area contributed by atoms with Crippen molar-refractivity contribution in [3.63, 3.8) is 0 Å². The average molecular weight is 326 g/mol. The molecule has 0 atom stereocenters. The number of carbonyl (C=O) groups excluding carboxylic acids is 1. The molecule has 1 aliphatic carbocycles. The van der Waals surface area contributed by atoms with Crippen molar-refractivity contribution in [1.82, 2.24) is 9.55 Å². The van der Waals surface area contributed by atoms with Crippen molar-refractivity contribution in [2.75, 3.05) is 0 Å². The molecule has 0 saturated heterocycles. The van der Waals surface area contributed by atoms with Crippen LogP contribution in [0.15, 0.2) is 66.7 Å². The number of nitrogens with zero attached hydrogens (tertiary/aromatic N) is 2. The number of hydrogen-bond acceptors (Lipinski definition) is 2. The van der Waals surface area contributed by atoms with Crippen LogP contribution >= 0.6 is 0 Å². The first-order chi connectivity index (χ1) is 12.3. The lowest BCUT2D eigenvalue weighted by atomic mass is 9.84. The third-order valence-electron chi connectivity index (χ3n) is 5.28. The molecule has 0 bridgehead atoms. The van der Waals surface area contributed by atoms with Crippen molar-refractivity contribution in [2.45, 2.75) is 25.2 Å². The number of imidazole rings is 1. The van der Waals surface area contributed by atoms with Gasteiger partial charge in [0.1, 0.15) is 5.82 Å². The van der Waals surface area contributed by atoms with E-state index >= 15 is 0 Å². The van der Waals surface area contributed by atoms with Gasteiger partial charge in [0.25, 0.3) is 5.91 Å². The van der Waals surface area contributed by atoms with Gasteiger partial charge in [0.2, 0.25) is 0 Å². The number of carbonyl (C=O) groups is 1. The van der Waals surface area contributed by atoms with E-state index in [4.69, 9.17) is 4.98 Å². The second-order valence-corrected chi connectivity index (χ2v) is 6.75. The van der Waals surface area contributed by atoms with Gasteiger partial charge in [-0.25, -0.2) is 4.98 Å². The van der Waals surface area contributed by atoms with Crippen molar-refractivity contribution in [3.8, 4) is 0 Å². The number of aromatic nitrogens is 2. The molecule has 122 valence electrons. The third kappa shape index (κ3) is 2.19. The van der Waals surface area contributed by atoms with Gasteiger partial charge in [-0.15, -0.1) is 0 Å². The van der Waals surface area contributed by atoms with Crippen molar-refractivity contribution in [3.05, 3.63) is 78.1 Å². The highest BCUT2D eigenvalue weighted by atomic mass is 16.2. The summed E-state index contributed by atoms with van der Waals surface area (Å²) in [6.07, 6.45) is 3.45. The summed E-state index contributed by atoms with van der Waals surface area (Å²) in [6, 6.07) is 21.9. The average Bonchev–Trinajstić information content (AvgIpc) is 2.98. The fourth-order valence-electron chi connectivity index (χ4n) is 3.73. The summed E-state index contributed by atoms with van der Waals surface area (Å²) in [5.74, 6) is 1.34. The molecular weight excluding hydrogens is 308 g/mol. The molecule has 0 spiro atoms. The van der Waals surface area contributed by atoms with E-state index in [0.717, 1.165) is 46.0 Å². The van der Waals surface area contributed by atoms with E-state index in [1.165, 1.54) is 6.42 Å². The van der Waals surface area contributed by atoms with Crippen molar-refractivity contribution < 1.29 is 4.79 Å². The zero-order valence-electron chi connectivity index (χ0n) is 13.9. The standard InChI is InChI=1S/C22H18N2O/c25-22(18-12-6-8-15-7-1-2-11-17(15)18)24-20-14-4-3-13-19(20)23-21(24)16-9-5-10-16/h1-4,6-8,11-14,16H,5,9-10H2. The predicted molar refractivity (Wildman–Crippen MR) is 100 cm³/mol. The molecule has 1 heterocycles. The highest BCUT2D eigenvalue weighted by Gasteiger charge is 2.28. The molecule has 5 rings (SSSR count). The molecule has 3 aromatic carbocycles. The molecule has 25 heavy (non-hydrogen) atoms. The van der Waals surface area contributed by atoms with Crippen molar-refractivity contribution in [1.29, 1.82) is 0 Å². The molecule has 0 radical (unpaired) electrons. The molecule has 4 aromatic rings. The molecule has 3 heteroatoms. The first kappa shape index (κ1) is 14.4. The molecular formula is C22H18N2O. The smallest absolute Gasteiger partial charge is 0.264 e. The quantitative estimate of drug-likeness (QED) is 0.511. The summed E-state index contributed by atoms with van der Waals surface area (Å²) < 4.78 is 1.85. The number of rotatable bonds is 2. The lowest BCUT2D eigenvalue weighted by Crippen LogP contribution is -2.21. The van der Waals surface area contributed by atoms with Gasteiger partial charge in [0.15, 0.2) is 0 Å². The highest BCUT2D eigenvalue weighted by molar-refractivity contribution is 6.10. The zero-order valence-corrected chi connectivity index (χ0v) is 13.9. The van der Waals surface area contributed by atoms with Gasteiger partial charge in [-0.2, -0.15) is 0 Å². The summed E-state index contributed by atoms with van der Waals surface area (Å²) in [5, 5.41) is 2.08. The minimum atomic E-state index is 0.0207. The maximum atomic E-state index is 13.5. The first-order valence-electron chi connectivity index (χ1n) is 8.83. The number of fused-ring (bicyclic) bond motifs is 2. The highest BCUT2D eigenvalue weighted by Crippen LogP contribution is 2.37. The van der Waals surface area contributed by atoms with Gasteiger partial charge in [0.05, 0.1) is 11.0 Å². The monoisotopic (exact) mass is 326 g/mol. The molecule has 0 N–H and O–H groups in total. The van der Waals surface area contributed by atoms with Gasteiger partial charge < -0.3 is 0 Å². The summed E-state index contributed by atoms with van der Waals surface area (Å²) in [7, 11) is 0. The Labute approximate surface area is 145 Å². The largest absolute Gasteiger partial charge is 0.268 e. The van der Waals surface area contributed by atoms with Crippen LogP contribution in [0.2, 0.25) is 0 Å². The summed E-state index contributed by atoms with van der Waals surface area (Å²) in [4.78, 5) is 18.3. The fourth-order valence-corrected chi connectivity index (χ4v) is 3.73. The van der Waals surface area contributed by atoms with Gasteiger partial charge in [0, 0.05) is 11.5 Å². The number of para-hydroxylation sites is 2. The second kappa shape index (κ2) is 5.55. The number of benzene rings is 3. The normalized spacial score (nSPS) is 14.7. The van der Waals surface area contributed by atoms with E-state index in [9.17, 15) is 4.79 Å². The molecule has 1 fully saturated rings. The molecule has 1 aromatic heterocycles. The van der Waals surface area contributed by atoms with E-state index in [1.807, 2.05) is 71.3 Å². The van der Waals surface area contributed by atoms with Crippen molar-refractivity contribution >= 4 is 27.7 Å². The molecule has 1 aliphatic rings. The minimum absolute atomic E-state index is 0.0207. The summed E-state index contributed by atoms with van der Waals surface area (Å²) in [6.45, 7) is 0. The summed E-state index contributed by atoms with van der Waals surface area (Å²) >= 11 is 0. The summed E-state index contributed by atoms with van der Waals surface area (Å²) in [5.41, 5.74) is 2.54. The topological polar surface area (TPSA) is 34.9 Å². The predicted octanol–water partition coefficient (Wildman–Crippen LogP) is 5.15. The van der Waals surface area contributed by atoms with E-state index in [0.29, 0.717) is 5.92 Å². The van der Waals surface area contributed by atoms with Crippen molar-refractivity contribution in [2.24, 2.45) is 0 Å². The van der Waals surface area contributed by atoms with E-state index in [-0.39, 0.29) is 5.91 Å². The number of hydrogen-bond donors (Lipinski definition) is 0. The maximum absolute atomic E-state index is 13.5. The van der Waals surface area contributed by atoms with Crippen LogP contribution in [-0.2, 0) is 0 Å².